The quantitative estimate of drug-likeness (QED) is 0.801. The molecular formula is C21H28ClN5O2. The van der Waals surface area contributed by atoms with Gasteiger partial charge in [0.15, 0.2) is 5.69 Å². The van der Waals surface area contributed by atoms with Gasteiger partial charge in [0.25, 0.3) is 5.91 Å². The molecule has 29 heavy (non-hydrogen) atoms. The van der Waals surface area contributed by atoms with Crippen LogP contribution in [0.3, 0.4) is 0 Å². The second-order valence-corrected chi connectivity index (χ2v) is 8.89. The molecule has 1 aliphatic heterocycles. The molecule has 7 nitrogen and oxygen atoms in total. The number of likely N-dealkylation sites (N-methyl/N-ethyl adjacent to an activating group) is 2. The van der Waals surface area contributed by atoms with Crippen molar-refractivity contribution in [2.45, 2.75) is 39.9 Å². The Labute approximate surface area is 176 Å². The molecule has 156 valence electrons. The Balaban J connectivity index is 2.04. The molecule has 1 aliphatic rings. The van der Waals surface area contributed by atoms with Crippen molar-refractivity contribution in [1.29, 1.82) is 0 Å². The van der Waals surface area contributed by atoms with E-state index in [0.29, 0.717) is 29.6 Å². The van der Waals surface area contributed by atoms with E-state index in [9.17, 15) is 9.59 Å². The third-order valence-corrected chi connectivity index (χ3v) is 5.51. The highest BCUT2D eigenvalue weighted by molar-refractivity contribution is 6.33. The molecule has 1 unspecified atom stereocenters. The van der Waals surface area contributed by atoms with Crippen molar-refractivity contribution in [3.63, 3.8) is 0 Å². The number of rotatable bonds is 4. The molecular weight excluding hydrogens is 390 g/mol. The number of nitrogens with zero attached hydrogens (tertiary/aromatic N) is 3. The number of hydrogen-bond acceptors (Lipinski definition) is 4. The van der Waals surface area contributed by atoms with Gasteiger partial charge in [-0.3, -0.25) is 14.5 Å². The molecule has 0 spiro atoms. The van der Waals surface area contributed by atoms with Crippen molar-refractivity contribution in [1.82, 2.24) is 25.1 Å². The Morgan fingerprint density at radius 3 is 2.52 bits per heavy atom. The zero-order chi connectivity index (χ0) is 21.3. The number of amides is 2. The Hall–Kier alpha value is -2.38. The minimum Gasteiger partial charge on any atom is -0.357 e. The summed E-state index contributed by atoms with van der Waals surface area (Å²) in [4.78, 5) is 32.4. The first-order chi connectivity index (χ1) is 13.6. The lowest BCUT2D eigenvalue weighted by atomic mass is 9.86. The maximum atomic E-state index is 13.2. The fourth-order valence-electron chi connectivity index (χ4n) is 3.54. The van der Waals surface area contributed by atoms with Crippen molar-refractivity contribution in [2.24, 2.45) is 5.41 Å². The number of imidazole rings is 1. The van der Waals surface area contributed by atoms with E-state index in [1.165, 1.54) is 0 Å². The Morgan fingerprint density at radius 2 is 1.90 bits per heavy atom. The molecule has 0 radical (unpaired) electrons. The van der Waals surface area contributed by atoms with E-state index in [-0.39, 0.29) is 11.8 Å². The lowest BCUT2D eigenvalue weighted by Gasteiger charge is -2.30. The van der Waals surface area contributed by atoms with Gasteiger partial charge in [-0.05, 0) is 24.6 Å². The monoisotopic (exact) mass is 417 g/mol. The molecule has 0 fully saturated rings. The third-order valence-electron chi connectivity index (χ3n) is 5.18. The first kappa shape index (κ1) is 21.3. The van der Waals surface area contributed by atoms with Crippen LogP contribution < -0.4 is 10.6 Å². The summed E-state index contributed by atoms with van der Waals surface area (Å²) >= 11 is 6.41. The number of halogens is 1. The van der Waals surface area contributed by atoms with Crippen molar-refractivity contribution in [2.75, 3.05) is 20.6 Å². The molecule has 1 aromatic heterocycles. The molecule has 0 aliphatic carbocycles. The van der Waals surface area contributed by atoms with Gasteiger partial charge in [0.1, 0.15) is 11.9 Å². The van der Waals surface area contributed by atoms with Crippen molar-refractivity contribution >= 4 is 23.4 Å². The predicted octanol–water partition coefficient (Wildman–Crippen LogP) is 2.54. The number of carbonyl (C=O) groups is 2. The maximum Gasteiger partial charge on any atom is 0.272 e. The van der Waals surface area contributed by atoms with Gasteiger partial charge in [-0.2, -0.15) is 0 Å². The van der Waals surface area contributed by atoms with E-state index >= 15 is 0 Å². The number of aromatic nitrogens is 2. The molecule has 8 heteroatoms. The average molecular weight is 418 g/mol. The molecule has 2 heterocycles. The molecule has 0 bridgehead atoms. The summed E-state index contributed by atoms with van der Waals surface area (Å²) in [6.07, 6.45) is 0. The van der Waals surface area contributed by atoms with Crippen molar-refractivity contribution in [3.05, 3.63) is 40.7 Å². The van der Waals surface area contributed by atoms with Crippen molar-refractivity contribution < 1.29 is 9.59 Å². The number of hydrogen-bond donors (Lipinski definition) is 2. The Bertz CT molecular complexity index is 932. The first-order valence-electron chi connectivity index (χ1n) is 9.68. The summed E-state index contributed by atoms with van der Waals surface area (Å²) in [7, 11) is 3.58. The van der Waals surface area contributed by atoms with Gasteiger partial charge < -0.3 is 15.2 Å². The second kappa shape index (κ2) is 8.16. The summed E-state index contributed by atoms with van der Waals surface area (Å²) in [5, 5.41) is 6.11. The predicted molar refractivity (Wildman–Crippen MR) is 114 cm³/mol. The summed E-state index contributed by atoms with van der Waals surface area (Å²) in [6, 6.07) is 6.81. The summed E-state index contributed by atoms with van der Waals surface area (Å²) in [5.74, 6) is 0.0874. The lowest BCUT2D eigenvalue weighted by molar-refractivity contribution is -0.124. The van der Waals surface area contributed by atoms with E-state index in [0.717, 1.165) is 17.8 Å². The molecule has 2 aromatic rings. The summed E-state index contributed by atoms with van der Waals surface area (Å²) in [5.41, 5.74) is 1.51. The molecule has 2 N–H and O–H groups in total. The van der Waals surface area contributed by atoms with Crippen LogP contribution in [0.1, 0.15) is 37.0 Å². The number of nitrogens with one attached hydrogen (secondary N) is 2. The van der Waals surface area contributed by atoms with Gasteiger partial charge in [0.05, 0.1) is 10.7 Å². The van der Waals surface area contributed by atoms with Crippen LogP contribution in [0.15, 0.2) is 24.3 Å². The summed E-state index contributed by atoms with van der Waals surface area (Å²) < 4.78 is 2.06. The van der Waals surface area contributed by atoms with Crippen LogP contribution >= 0.6 is 11.6 Å². The topological polar surface area (TPSA) is 79.3 Å². The van der Waals surface area contributed by atoms with Crippen LogP contribution in [-0.4, -0.2) is 52.9 Å². The van der Waals surface area contributed by atoms with Crippen LogP contribution in [0.25, 0.3) is 11.4 Å². The van der Waals surface area contributed by atoms with Gasteiger partial charge in [-0.25, -0.2) is 4.98 Å². The second-order valence-electron chi connectivity index (χ2n) is 8.49. The van der Waals surface area contributed by atoms with Crippen LogP contribution in [0.4, 0.5) is 0 Å². The average Bonchev–Trinajstić information content (AvgIpc) is 3.03. The largest absolute Gasteiger partial charge is 0.357 e. The van der Waals surface area contributed by atoms with Gasteiger partial charge >= 0.3 is 0 Å². The van der Waals surface area contributed by atoms with Crippen LogP contribution in [-0.2, 0) is 17.9 Å². The molecule has 2 amide bonds. The molecule has 0 saturated heterocycles. The molecule has 1 aromatic carbocycles. The van der Waals surface area contributed by atoms with E-state index in [2.05, 4.69) is 25.1 Å². The van der Waals surface area contributed by atoms with Gasteiger partial charge in [-0.15, -0.1) is 0 Å². The zero-order valence-electron chi connectivity index (χ0n) is 17.5. The number of fused-ring (bicyclic) bond motifs is 1. The van der Waals surface area contributed by atoms with Gasteiger partial charge in [-0.1, -0.05) is 44.5 Å². The van der Waals surface area contributed by atoms with Gasteiger partial charge in [0.2, 0.25) is 5.91 Å². The number of carbonyl (C=O) groups excluding carboxylic acids is 2. The fraction of sp³-hybridized carbons (Fsp3) is 0.476. The highest BCUT2D eigenvalue weighted by atomic mass is 35.5. The van der Waals surface area contributed by atoms with Gasteiger partial charge in [0, 0.05) is 32.2 Å². The fourth-order valence-corrected chi connectivity index (χ4v) is 3.76. The Kier molecular flexibility index (Phi) is 6.00. The van der Waals surface area contributed by atoms with Crippen LogP contribution in [0, 0.1) is 5.41 Å². The van der Waals surface area contributed by atoms with Crippen LogP contribution in [0.5, 0.6) is 0 Å². The minimum atomic E-state index is -0.678. The van der Waals surface area contributed by atoms with E-state index in [4.69, 9.17) is 11.6 Å². The van der Waals surface area contributed by atoms with E-state index < -0.39 is 11.5 Å². The highest BCUT2D eigenvalue weighted by Gasteiger charge is 2.35. The smallest absolute Gasteiger partial charge is 0.272 e. The zero-order valence-corrected chi connectivity index (χ0v) is 18.3. The highest BCUT2D eigenvalue weighted by Crippen LogP contribution is 2.31. The Morgan fingerprint density at radius 1 is 1.21 bits per heavy atom. The lowest BCUT2D eigenvalue weighted by Crippen LogP contribution is -2.53. The first-order valence-corrected chi connectivity index (χ1v) is 10.1. The third kappa shape index (κ3) is 4.31. The standard InChI is InChI=1S/C21H28ClN5O2/c1-21(2,3)17(20(29)23-4)25-19(28)16-15-12-26(5)10-11-27(15)18(24-16)13-8-6-7-9-14(13)22/h6-9,17H,10-12H2,1-5H3,(H,23,29)(H,25,28). The van der Waals surface area contributed by atoms with Crippen LogP contribution in [0.2, 0.25) is 5.02 Å². The normalized spacial score (nSPS) is 15.5. The SMILES string of the molecule is CNC(=O)C(NC(=O)c1nc(-c2ccccc2Cl)n2c1CN(C)CC2)C(C)(C)C. The minimum absolute atomic E-state index is 0.234. The number of benzene rings is 1. The van der Waals surface area contributed by atoms with E-state index in [1.807, 2.05) is 52.1 Å². The molecule has 1 atom stereocenters. The molecule has 0 saturated carbocycles. The summed E-state index contributed by atoms with van der Waals surface area (Å²) in [6.45, 7) is 7.91. The van der Waals surface area contributed by atoms with E-state index in [1.54, 1.807) is 7.05 Å². The molecule has 3 rings (SSSR count). The maximum absolute atomic E-state index is 13.2. The van der Waals surface area contributed by atoms with Crippen molar-refractivity contribution in [3.8, 4) is 11.4 Å².